The molecule has 33 heavy (non-hydrogen) atoms. The number of carbonyl (C=O) groups excluding carboxylic acids is 2. The fraction of sp³-hybridized carbons (Fsp3) is 0.591. The third-order valence-corrected chi connectivity index (χ3v) is 6.08. The summed E-state index contributed by atoms with van der Waals surface area (Å²) in [4.78, 5) is 39.8. The molecule has 0 radical (unpaired) electrons. The van der Waals surface area contributed by atoms with Crippen LogP contribution in [-0.4, -0.2) is 70.8 Å². The van der Waals surface area contributed by atoms with Gasteiger partial charge in [-0.15, -0.1) is 13.2 Å². The van der Waals surface area contributed by atoms with Crippen LogP contribution in [0.3, 0.4) is 0 Å². The molecule has 11 heteroatoms. The Balaban J connectivity index is 1.56. The van der Waals surface area contributed by atoms with Crippen molar-refractivity contribution in [3.63, 3.8) is 0 Å². The van der Waals surface area contributed by atoms with Gasteiger partial charge in [0.2, 0.25) is 11.8 Å². The molecule has 0 saturated carbocycles. The fourth-order valence-corrected chi connectivity index (χ4v) is 4.45. The molecule has 1 aromatic carbocycles. The quantitative estimate of drug-likeness (QED) is 0.601. The number of nitrogens with zero attached hydrogens (tertiary/aromatic N) is 2. The van der Waals surface area contributed by atoms with E-state index in [0.29, 0.717) is 25.1 Å². The van der Waals surface area contributed by atoms with Gasteiger partial charge in [0.25, 0.3) is 0 Å². The van der Waals surface area contributed by atoms with Gasteiger partial charge in [0, 0.05) is 26.1 Å². The van der Waals surface area contributed by atoms with Crippen LogP contribution in [0.15, 0.2) is 24.3 Å². The minimum absolute atomic E-state index is 0.0530. The molecular weight excluding hydrogens is 443 g/mol. The Morgan fingerprint density at radius 2 is 1.79 bits per heavy atom. The summed E-state index contributed by atoms with van der Waals surface area (Å²) in [5, 5.41) is 9.59. The summed E-state index contributed by atoms with van der Waals surface area (Å²) in [6.07, 6.45) is -1.98. The predicted octanol–water partition coefficient (Wildman–Crippen LogP) is 2.16. The molecule has 2 aliphatic rings. The Kier molecular flexibility index (Phi) is 7.83. The van der Waals surface area contributed by atoms with E-state index >= 15 is 0 Å². The number of alkyl halides is 3. The topological polar surface area (TPSA) is 113 Å². The zero-order valence-electron chi connectivity index (χ0n) is 18.1. The van der Waals surface area contributed by atoms with Crippen molar-refractivity contribution >= 4 is 17.8 Å². The first-order chi connectivity index (χ1) is 15.5. The number of hydrogen-bond donors (Lipinski definition) is 2. The smallest absolute Gasteiger partial charge is 0.480 e. The average Bonchev–Trinajstić information content (AvgIpc) is 3.42. The first-order valence-electron chi connectivity index (χ1n) is 10.9. The Hall–Kier alpha value is -2.82. The third kappa shape index (κ3) is 6.83. The summed E-state index contributed by atoms with van der Waals surface area (Å²) < 4.78 is 40.8. The maximum Gasteiger partial charge on any atom is 0.573 e. The first-order valence-corrected chi connectivity index (χ1v) is 10.9. The Morgan fingerprint density at radius 1 is 1.15 bits per heavy atom. The first kappa shape index (κ1) is 24.8. The summed E-state index contributed by atoms with van der Waals surface area (Å²) in [5.41, 5.74) is 6.71. The van der Waals surface area contributed by atoms with E-state index < -0.39 is 30.3 Å². The van der Waals surface area contributed by atoms with Crippen molar-refractivity contribution in [2.45, 2.75) is 57.0 Å². The van der Waals surface area contributed by atoms with Crippen LogP contribution in [0.5, 0.6) is 5.75 Å². The van der Waals surface area contributed by atoms with Crippen molar-refractivity contribution < 1.29 is 37.4 Å². The van der Waals surface area contributed by atoms with Crippen LogP contribution in [-0.2, 0) is 20.8 Å². The summed E-state index contributed by atoms with van der Waals surface area (Å²) in [5.74, 6) is -2.23. The van der Waals surface area contributed by atoms with Gasteiger partial charge in [-0.3, -0.25) is 9.59 Å². The van der Waals surface area contributed by atoms with E-state index in [1.807, 2.05) is 0 Å². The van der Waals surface area contributed by atoms with Crippen molar-refractivity contribution in [2.75, 3.05) is 19.6 Å². The second kappa shape index (κ2) is 10.4. The van der Waals surface area contributed by atoms with Crippen molar-refractivity contribution in [3.8, 4) is 5.75 Å². The second-order valence-electron chi connectivity index (χ2n) is 8.58. The lowest BCUT2D eigenvalue weighted by molar-refractivity contribution is -0.274. The van der Waals surface area contributed by atoms with E-state index in [0.717, 1.165) is 12.8 Å². The molecule has 0 spiro atoms. The molecule has 0 aliphatic carbocycles. The van der Waals surface area contributed by atoms with Crippen molar-refractivity contribution in [3.05, 3.63) is 29.8 Å². The molecule has 2 aliphatic heterocycles. The molecule has 8 nitrogen and oxygen atoms in total. The number of amides is 2. The number of halogens is 3. The van der Waals surface area contributed by atoms with E-state index in [9.17, 15) is 32.7 Å². The predicted molar refractivity (Wildman–Crippen MR) is 111 cm³/mol. The zero-order valence-corrected chi connectivity index (χ0v) is 18.1. The van der Waals surface area contributed by atoms with Gasteiger partial charge in [-0.1, -0.05) is 12.1 Å². The maximum absolute atomic E-state index is 12.9. The van der Waals surface area contributed by atoms with E-state index in [2.05, 4.69) is 4.74 Å². The van der Waals surface area contributed by atoms with Gasteiger partial charge in [0.1, 0.15) is 11.8 Å². The molecule has 2 heterocycles. The Bertz CT molecular complexity index is 856. The molecule has 2 saturated heterocycles. The van der Waals surface area contributed by atoms with E-state index in [1.54, 1.807) is 4.90 Å². The number of benzene rings is 1. The number of rotatable bonds is 8. The summed E-state index contributed by atoms with van der Waals surface area (Å²) in [7, 11) is 0. The zero-order chi connectivity index (χ0) is 24.2. The maximum atomic E-state index is 12.9. The highest BCUT2D eigenvalue weighted by Crippen LogP contribution is 2.29. The van der Waals surface area contributed by atoms with Crippen LogP contribution in [0, 0.1) is 5.92 Å². The van der Waals surface area contributed by atoms with Gasteiger partial charge < -0.3 is 25.4 Å². The number of carboxylic acids is 1. The molecular formula is C22H28F3N3O5. The third-order valence-electron chi connectivity index (χ3n) is 6.08. The van der Waals surface area contributed by atoms with Crippen LogP contribution >= 0.6 is 0 Å². The molecule has 0 bridgehead atoms. The van der Waals surface area contributed by atoms with Crippen LogP contribution in [0.1, 0.15) is 37.7 Å². The van der Waals surface area contributed by atoms with Crippen molar-refractivity contribution in [2.24, 2.45) is 11.7 Å². The van der Waals surface area contributed by atoms with E-state index in [-0.39, 0.29) is 43.4 Å². The number of carboxylic acid groups (broad SMARTS) is 1. The Labute approximate surface area is 189 Å². The minimum Gasteiger partial charge on any atom is -0.480 e. The number of likely N-dealkylation sites (tertiary alicyclic amines) is 2. The SMILES string of the molecule is N[C@H](CCC(=O)N1CCCC1)C(=O)N1CC(Cc2ccc(OC(F)(F)F)cc2)C[C@H]1C(=O)O. The normalized spacial score (nSPS) is 21.8. The second-order valence-corrected chi connectivity index (χ2v) is 8.58. The summed E-state index contributed by atoms with van der Waals surface area (Å²) in [6.45, 7) is 1.59. The number of ether oxygens (including phenoxy) is 1. The van der Waals surface area contributed by atoms with E-state index in [4.69, 9.17) is 5.73 Å². The fourth-order valence-electron chi connectivity index (χ4n) is 4.45. The largest absolute Gasteiger partial charge is 0.573 e. The molecule has 2 fully saturated rings. The summed E-state index contributed by atoms with van der Waals surface area (Å²) in [6, 6.07) is 3.35. The lowest BCUT2D eigenvalue weighted by atomic mass is 9.97. The van der Waals surface area contributed by atoms with Crippen molar-refractivity contribution in [1.29, 1.82) is 0 Å². The number of aliphatic carboxylic acids is 1. The minimum atomic E-state index is -4.78. The van der Waals surface area contributed by atoms with Crippen LogP contribution in [0.25, 0.3) is 0 Å². The monoisotopic (exact) mass is 471 g/mol. The standard InChI is InChI=1S/C22H28F3N3O5/c23-22(24,25)33-16-5-3-14(4-6-16)11-15-12-18(21(31)32)28(13-15)20(30)17(26)7-8-19(29)27-9-1-2-10-27/h3-6,15,17-18H,1-2,7-13,26H2,(H,31,32)/t15?,17-,18+/m1/s1. The van der Waals surface area contributed by atoms with Crippen LogP contribution < -0.4 is 10.5 Å². The highest BCUT2D eigenvalue weighted by atomic mass is 19.4. The summed E-state index contributed by atoms with van der Waals surface area (Å²) >= 11 is 0. The number of carbonyl (C=O) groups is 3. The highest BCUT2D eigenvalue weighted by molar-refractivity contribution is 5.88. The van der Waals surface area contributed by atoms with Crippen LogP contribution in [0.2, 0.25) is 0 Å². The lowest BCUT2D eigenvalue weighted by Crippen LogP contribution is -2.48. The molecule has 0 aromatic heterocycles. The number of nitrogens with two attached hydrogens (primary N) is 1. The van der Waals surface area contributed by atoms with E-state index in [1.165, 1.54) is 29.2 Å². The van der Waals surface area contributed by atoms with Crippen LogP contribution in [0.4, 0.5) is 13.2 Å². The average molecular weight is 471 g/mol. The molecule has 3 atom stereocenters. The molecule has 3 rings (SSSR count). The van der Waals surface area contributed by atoms with Gasteiger partial charge in [-0.2, -0.15) is 0 Å². The lowest BCUT2D eigenvalue weighted by Gasteiger charge is -2.25. The molecule has 1 unspecified atom stereocenters. The molecule has 3 N–H and O–H groups in total. The van der Waals surface area contributed by atoms with Gasteiger partial charge in [0.15, 0.2) is 0 Å². The van der Waals surface area contributed by atoms with Crippen molar-refractivity contribution in [1.82, 2.24) is 9.80 Å². The molecule has 1 aromatic rings. The Morgan fingerprint density at radius 3 is 2.36 bits per heavy atom. The molecule has 2 amide bonds. The highest BCUT2D eigenvalue weighted by Gasteiger charge is 2.41. The van der Waals surface area contributed by atoms with Gasteiger partial charge >= 0.3 is 12.3 Å². The van der Waals surface area contributed by atoms with Gasteiger partial charge in [0.05, 0.1) is 6.04 Å². The van der Waals surface area contributed by atoms with Gasteiger partial charge in [-0.25, -0.2) is 4.79 Å². The molecule has 182 valence electrons. The van der Waals surface area contributed by atoms with Gasteiger partial charge in [-0.05, 0) is 55.7 Å². The number of hydrogen-bond acceptors (Lipinski definition) is 5.